The molecule has 1 atom stereocenters. The van der Waals surface area contributed by atoms with E-state index in [-0.39, 0.29) is 35.2 Å². The standard InChI is InChI=1S/C36H37F2N3O4S/c37-31-21-11-10-16-28(31)25-40(34(24-27-14-4-1-5-15-27)36(43)39-29-17-6-2-7-18-29)35(42)26-41(33-23-13-12-22-32(33)38)46(44,45)30-19-8-3-9-20-30/h1,3-5,8-16,19-23,29,34H,2,6-7,17-18,24-26H2,(H,39,43)/t34-/m1/s1. The molecule has 10 heteroatoms. The molecule has 0 aromatic heterocycles. The second-order valence-corrected chi connectivity index (χ2v) is 13.3. The van der Waals surface area contributed by atoms with Gasteiger partial charge in [-0.15, -0.1) is 0 Å². The number of halogens is 2. The Bertz CT molecular complexity index is 1730. The predicted molar refractivity (Wildman–Crippen MR) is 173 cm³/mol. The number of nitrogens with one attached hydrogen (secondary N) is 1. The van der Waals surface area contributed by atoms with Gasteiger partial charge in [0.25, 0.3) is 10.0 Å². The molecule has 0 saturated heterocycles. The normalized spacial score (nSPS) is 14.3. The van der Waals surface area contributed by atoms with Gasteiger partial charge in [-0.3, -0.25) is 13.9 Å². The van der Waals surface area contributed by atoms with E-state index in [4.69, 9.17) is 0 Å². The van der Waals surface area contributed by atoms with Gasteiger partial charge >= 0.3 is 0 Å². The van der Waals surface area contributed by atoms with Crippen molar-refractivity contribution in [2.24, 2.45) is 0 Å². The Morgan fingerprint density at radius 2 is 1.35 bits per heavy atom. The van der Waals surface area contributed by atoms with Gasteiger partial charge in [-0.25, -0.2) is 17.2 Å². The second-order valence-electron chi connectivity index (χ2n) is 11.4. The first-order valence-electron chi connectivity index (χ1n) is 15.4. The van der Waals surface area contributed by atoms with Crippen LogP contribution in [0.4, 0.5) is 14.5 Å². The first-order valence-corrected chi connectivity index (χ1v) is 16.9. The molecule has 0 bridgehead atoms. The maximum absolute atomic E-state index is 15.2. The topological polar surface area (TPSA) is 86.8 Å². The fourth-order valence-electron chi connectivity index (χ4n) is 5.80. The lowest BCUT2D eigenvalue weighted by atomic mass is 9.94. The van der Waals surface area contributed by atoms with Crippen LogP contribution < -0.4 is 9.62 Å². The Hall–Kier alpha value is -4.57. The number of nitrogens with zero attached hydrogens (tertiary/aromatic N) is 2. The van der Waals surface area contributed by atoms with Crippen molar-refractivity contribution in [2.75, 3.05) is 10.8 Å². The van der Waals surface area contributed by atoms with Crippen LogP contribution in [0.3, 0.4) is 0 Å². The van der Waals surface area contributed by atoms with Gasteiger partial charge in [-0.05, 0) is 48.7 Å². The summed E-state index contributed by atoms with van der Waals surface area (Å²) in [5.74, 6) is -2.62. The lowest BCUT2D eigenvalue weighted by molar-refractivity contribution is -0.140. The number of anilines is 1. The van der Waals surface area contributed by atoms with Gasteiger partial charge in [0.05, 0.1) is 10.6 Å². The van der Waals surface area contributed by atoms with Crippen molar-refractivity contribution < 1.29 is 26.8 Å². The first-order chi connectivity index (χ1) is 22.2. The van der Waals surface area contributed by atoms with Crippen molar-refractivity contribution in [2.45, 2.75) is 62.0 Å². The van der Waals surface area contributed by atoms with Gasteiger partial charge in [0.1, 0.15) is 24.2 Å². The molecule has 1 aliphatic rings. The zero-order valence-corrected chi connectivity index (χ0v) is 26.2. The first kappa shape index (κ1) is 32.8. The predicted octanol–water partition coefficient (Wildman–Crippen LogP) is 6.25. The molecule has 4 aromatic rings. The van der Waals surface area contributed by atoms with Gasteiger partial charge in [0, 0.05) is 24.6 Å². The Labute approximate surface area is 268 Å². The van der Waals surface area contributed by atoms with E-state index in [2.05, 4.69) is 5.32 Å². The highest BCUT2D eigenvalue weighted by atomic mass is 32.2. The minimum Gasteiger partial charge on any atom is -0.352 e. The molecule has 1 aliphatic carbocycles. The Morgan fingerprint density at radius 3 is 2.00 bits per heavy atom. The quantitative estimate of drug-likeness (QED) is 0.197. The fourth-order valence-corrected chi connectivity index (χ4v) is 7.24. The van der Waals surface area contributed by atoms with Crippen LogP contribution >= 0.6 is 0 Å². The van der Waals surface area contributed by atoms with Crippen molar-refractivity contribution in [1.29, 1.82) is 0 Å². The van der Waals surface area contributed by atoms with Gasteiger partial charge in [0.2, 0.25) is 11.8 Å². The number of rotatable bonds is 12. The van der Waals surface area contributed by atoms with Crippen molar-refractivity contribution in [3.8, 4) is 0 Å². The van der Waals surface area contributed by atoms with E-state index in [9.17, 15) is 18.0 Å². The Kier molecular flexibility index (Phi) is 10.8. The van der Waals surface area contributed by atoms with Crippen LogP contribution in [-0.4, -0.2) is 43.8 Å². The van der Waals surface area contributed by atoms with Crippen LogP contribution in [-0.2, 0) is 32.6 Å². The third-order valence-electron chi connectivity index (χ3n) is 8.25. The number of para-hydroxylation sites is 1. The zero-order chi connectivity index (χ0) is 32.5. The summed E-state index contributed by atoms with van der Waals surface area (Å²) in [6.45, 7) is -1.13. The van der Waals surface area contributed by atoms with Crippen LogP contribution in [0.1, 0.15) is 43.2 Å². The van der Waals surface area contributed by atoms with Crippen molar-refractivity contribution in [3.05, 3.63) is 132 Å². The summed E-state index contributed by atoms with van der Waals surface area (Å²) in [7, 11) is -4.44. The second kappa shape index (κ2) is 15.1. The molecule has 0 aliphatic heterocycles. The van der Waals surface area contributed by atoms with Crippen LogP contribution in [0, 0.1) is 11.6 Å². The molecule has 0 unspecified atom stereocenters. The Morgan fingerprint density at radius 1 is 0.761 bits per heavy atom. The molecule has 46 heavy (non-hydrogen) atoms. The molecule has 1 saturated carbocycles. The summed E-state index contributed by atoms with van der Waals surface area (Å²) >= 11 is 0. The van der Waals surface area contributed by atoms with E-state index in [0.29, 0.717) is 4.31 Å². The average Bonchev–Trinajstić information content (AvgIpc) is 3.07. The lowest BCUT2D eigenvalue weighted by Gasteiger charge is -2.35. The van der Waals surface area contributed by atoms with E-state index >= 15 is 8.78 Å². The number of benzene rings is 4. The molecule has 240 valence electrons. The summed E-state index contributed by atoms with van der Waals surface area (Å²) in [4.78, 5) is 29.6. The number of carbonyl (C=O) groups is 2. The molecule has 5 rings (SSSR count). The van der Waals surface area contributed by atoms with E-state index in [1.54, 1.807) is 12.1 Å². The van der Waals surface area contributed by atoms with Crippen molar-refractivity contribution in [1.82, 2.24) is 10.2 Å². The molecular formula is C36H37F2N3O4S. The molecule has 0 radical (unpaired) electrons. The smallest absolute Gasteiger partial charge is 0.264 e. The zero-order valence-electron chi connectivity index (χ0n) is 25.4. The number of sulfonamides is 1. The van der Waals surface area contributed by atoms with Gasteiger partial charge in [-0.2, -0.15) is 0 Å². The monoisotopic (exact) mass is 645 g/mol. The molecule has 0 spiro atoms. The summed E-state index contributed by atoms with van der Waals surface area (Å²) in [6, 6.07) is 26.6. The van der Waals surface area contributed by atoms with E-state index < -0.39 is 46.1 Å². The van der Waals surface area contributed by atoms with E-state index in [0.717, 1.165) is 43.7 Å². The molecule has 0 heterocycles. The summed E-state index contributed by atoms with van der Waals surface area (Å²) in [6.07, 6.45) is 4.75. The fraction of sp³-hybridized carbons (Fsp3) is 0.278. The maximum atomic E-state index is 15.2. The molecule has 1 N–H and O–H groups in total. The van der Waals surface area contributed by atoms with Gasteiger partial charge < -0.3 is 10.2 Å². The summed E-state index contributed by atoms with van der Waals surface area (Å²) < 4.78 is 58.9. The lowest BCUT2D eigenvalue weighted by Crippen LogP contribution is -2.55. The highest BCUT2D eigenvalue weighted by molar-refractivity contribution is 7.92. The molecule has 1 fully saturated rings. The maximum Gasteiger partial charge on any atom is 0.264 e. The molecule has 2 amide bonds. The highest BCUT2D eigenvalue weighted by Gasteiger charge is 2.36. The number of carbonyl (C=O) groups excluding carboxylic acids is 2. The molecule has 7 nitrogen and oxygen atoms in total. The highest BCUT2D eigenvalue weighted by Crippen LogP contribution is 2.27. The van der Waals surface area contributed by atoms with E-state index in [1.807, 2.05) is 30.3 Å². The van der Waals surface area contributed by atoms with Crippen molar-refractivity contribution >= 4 is 27.5 Å². The summed E-state index contributed by atoms with van der Waals surface area (Å²) in [5.41, 5.74) is 0.597. The third-order valence-corrected chi connectivity index (χ3v) is 10.0. The SMILES string of the molecule is O=C(NC1CCCCC1)[C@@H](Cc1ccccc1)N(Cc1ccccc1F)C(=O)CN(c1ccccc1F)S(=O)(=O)c1ccccc1. The van der Waals surface area contributed by atoms with Crippen LogP contribution in [0.25, 0.3) is 0 Å². The molecular weight excluding hydrogens is 608 g/mol. The number of hydrogen-bond donors (Lipinski definition) is 1. The third kappa shape index (κ3) is 7.98. The molecule has 4 aromatic carbocycles. The van der Waals surface area contributed by atoms with Gasteiger partial charge in [-0.1, -0.05) is 98.1 Å². The number of amides is 2. The largest absolute Gasteiger partial charge is 0.352 e. The van der Waals surface area contributed by atoms with Crippen LogP contribution in [0.5, 0.6) is 0 Å². The summed E-state index contributed by atoms with van der Waals surface area (Å²) in [5, 5.41) is 3.11. The Balaban J connectivity index is 1.57. The minimum absolute atomic E-state index is 0.0710. The van der Waals surface area contributed by atoms with Crippen LogP contribution in [0.15, 0.2) is 114 Å². The number of hydrogen-bond acceptors (Lipinski definition) is 4. The van der Waals surface area contributed by atoms with Crippen LogP contribution in [0.2, 0.25) is 0 Å². The van der Waals surface area contributed by atoms with Gasteiger partial charge in [0.15, 0.2) is 0 Å². The minimum atomic E-state index is -4.44. The average molecular weight is 646 g/mol. The van der Waals surface area contributed by atoms with Crippen molar-refractivity contribution in [3.63, 3.8) is 0 Å². The van der Waals surface area contributed by atoms with E-state index in [1.165, 1.54) is 65.6 Å².